The SMILES string of the molecule is CCC(F)(F)C(=O)N1CCC2(CCCNC2)CC1. The average Bonchev–Trinajstić information content (AvgIpc) is 2.40. The molecule has 2 heterocycles. The van der Waals surface area contributed by atoms with Crippen molar-refractivity contribution in [1.82, 2.24) is 10.2 Å². The summed E-state index contributed by atoms with van der Waals surface area (Å²) in [6, 6.07) is 0. The number of carbonyl (C=O) groups is 1. The topological polar surface area (TPSA) is 32.3 Å². The fraction of sp³-hybridized carbons (Fsp3) is 0.923. The van der Waals surface area contributed by atoms with Crippen LogP contribution in [0.4, 0.5) is 8.78 Å². The molecule has 2 aliphatic rings. The molecule has 0 bridgehead atoms. The Labute approximate surface area is 107 Å². The highest BCUT2D eigenvalue weighted by Crippen LogP contribution is 2.38. The molecular formula is C13H22F2N2O. The summed E-state index contributed by atoms with van der Waals surface area (Å²) in [7, 11) is 0. The number of amides is 1. The van der Waals surface area contributed by atoms with Gasteiger partial charge in [-0.15, -0.1) is 0 Å². The van der Waals surface area contributed by atoms with E-state index in [0.717, 1.165) is 38.8 Å². The van der Waals surface area contributed by atoms with E-state index < -0.39 is 18.3 Å². The molecule has 0 saturated carbocycles. The van der Waals surface area contributed by atoms with Gasteiger partial charge in [-0.25, -0.2) is 0 Å². The fourth-order valence-corrected chi connectivity index (χ4v) is 3.02. The molecule has 0 unspecified atom stereocenters. The maximum absolute atomic E-state index is 13.4. The number of nitrogens with zero attached hydrogens (tertiary/aromatic N) is 1. The van der Waals surface area contributed by atoms with Crippen molar-refractivity contribution < 1.29 is 13.6 Å². The molecule has 2 rings (SSSR count). The highest BCUT2D eigenvalue weighted by atomic mass is 19.3. The summed E-state index contributed by atoms with van der Waals surface area (Å²) < 4.78 is 26.7. The zero-order valence-electron chi connectivity index (χ0n) is 11.0. The maximum atomic E-state index is 13.4. The number of carbonyl (C=O) groups excluding carboxylic acids is 1. The number of alkyl halides is 2. The van der Waals surface area contributed by atoms with E-state index in [1.165, 1.54) is 11.8 Å². The Balaban J connectivity index is 1.92. The van der Waals surface area contributed by atoms with Crippen LogP contribution in [0.2, 0.25) is 0 Å². The minimum atomic E-state index is -3.19. The van der Waals surface area contributed by atoms with Crippen molar-refractivity contribution in [3.63, 3.8) is 0 Å². The minimum absolute atomic E-state index is 0.247. The van der Waals surface area contributed by atoms with Gasteiger partial charge < -0.3 is 10.2 Å². The molecule has 2 saturated heterocycles. The first kappa shape index (κ1) is 13.7. The van der Waals surface area contributed by atoms with Crippen molar-refractivity contribution in [2.24, 2.45) is 5.41 Å². The lowest BCUT2D eigenvalue weighted by Crippen LogP contribution is -2.52. The van der Waals surface area contributed by atoms with Crippen LogP contribution in [0, 0.1) is 5.41 Å². The van der Waals surface area contributed by atoms with Gasteiger partial charge in [0.05, 0.1) is 0 Å². The van der Waals surface area contributed by atoms with E-state index in [0.29, 0.717) is 13.1 Å². The monoisotopic (exact) mass is 260 g/mol. The second kappa shape index (κ2) is 5.11. The first-order chi connectivity index (χ1) is 8.49. The molecule has 2 fully saturated rings. The summed E-state index contributed by atoms with van der Waals surface area (Å²) in [6.45, 7) is 4.35. The lowest BCUT2D eigenvalue weighted by molar-refractivity contribution is -0.160. The zero-order valence-corrected chi connectivity index (χ0v) is 11.0. The van der Waals surface area contributed by atoms with Crippen LogP contribution in [0.5, 0.6) is 0 Å². The summed E-state index contributed by atoms with van der Waals surface area (Å²) in [5, 5.41) is 3.38. The zero-order chi connectivity index (χ0) is 13.2. The Kier molecular flexibility index (Phi) is 3.90. The number of hydrogen-bond donors (Lipinski definition) is 1. The highest BCUT2D eigenvalue weighted by Gasteiger charge is 2.43. The van der Waals surface area contributed by atoms with Crippen molar-refractivity contribution in [3.8, 4) is 0 Å². The van der Waals surface area contributed by atoms with Crippen LogP contribution in [-0.4, -0.2) is 42.9 Å². The third kappa shape index (κ3) is 2.66. The normalized spacial score (nSPS) is 24.3. The number of halogens is 2. The molecule has 18 heavy (non-hydrogen) atoms. The van der Waals surface area contributed by atoms with Gasteiger partial charge in [0.2, 0.25) is 0 Å². The predicted octanol–water partition coefficient (Wildman–Crippen LogP) is 2.02. The van der Waals surface area contributed by atoms with Gasteiger partial charge in [0.25, 0.3) is 5.91 Å². The van der Waals surface area contributed by atoms with Crippen LogP contribution in [0.25, 0.3) is 0 Å². The third-order valence-electron chi connectivity index (χ3n) is 4.43. The largest absolute Gasteiger partial charge is 0.337 e. The first-order valence-electron chi connectivity index (χ1n) is 6.87. The molecule has 3 nitrogen and oxygen atoms in total. The number of piperidine rings is 2. The summed E-state index contributed by atoms with van der Waals surface area (Å²) in [4.78, 5) is 13.0. The van der Waals surface area contributed by atoms with Crippen LogP contribution in [0.15, 0.2) is 0 Å². The highest BCUT2D eigenvalue weighted by molar-refractivity contribution is 5.83. The number of hydrogen-bond acceptors (Lipinski definition) is 2. The summed E-state index contributed by atoms with van der Waals surface area (Å²) in [5.74, 6) is -4.17. The molecule has 104 valence electrons. The smallest absolute Gasteiger partial charge is 0.324 e. The molecule has 2 aliphatic heterocycles. The Hall–Kier alpha value is -0.710. The fourth-order valence-electron chi connectivity index (χ4n) is 3.02. The summed E-state index contributed by atoms with van der Waals surface area (Å²) in [5.41, 5.74) is 0.247. The van der Waals surface area contributed by atoms with Crippen molar-refractivity contribution >= 4 is 5.91 Å². The van der Waals surface area contributed by atoms with E-state index in [4.69, 9.17) is 0 Å². The average molecular weight is 260 g/mol. The van der Waals surface area contributed by atoms with E-state index in [-0.39, 0.29) is 5.41 Å². The molecule has 0 aliphatic carbocycles. The molecular weight excluding hydrogens is 238 g/mol. The Morgan fingerprint density at radius 3 is 2.50 bits per heavy atom. The molecule has 0 atom stereocenters. The molecule has 1 amide bonds. The molecule has 5 heteroatoms. The van der Waals surface area contributed by atoms with Crippen LogP contribution in [-0.2, 0) is 4.79 Å². The molecule has 0 aromatic carbocycles. The van der Waals surface area contributed by atoms with E-state index in [9.17, 15) is 13.6 Å². The van der Waals surface area contributed by atoms with Crippen LogP contribution in [0.3, 0.4) is 0 Å². The van der Waals surface area contributed by atoms with Crippen molar-refractivity contribution in [2.45, 2.75) is 45.0 Å². The number of nitrogens with one attached hydrogen (secondary N) is 1. The Bertz CT molecular complexity index is 304. The molecule has 1 N–H and O–H groups in total. The molecule has 1 spiro atoms. The summed E-state index contributed by atoms with van der Waals surface area (Å²) >= 11 is 0. The van der Waals surface area contributed by atoms with Gasteiger partial charge >= 0.3 is 5.92 Å². The first-order valence-corrected chi connectivity index (χ1v) is 6.87. The lowest BCUT2D eigenvalue weighted by atomic mass is 9.73. The van der Waals surface area contributed by atoms with E-state index in [1.807, 2.05) is 0 Å². The quantitative estimate of drug-likeness (QED) is 0.824. The third-order valence-corrected chi connectivity index (χ3v) is 4.43. The maximum Gasteiger partial charge on any atom is 0.324 e. The van der Waals surface area contributed by atoms with Gasteiger partial charge in [-0.1, -0.05) is 6.92 Å². The van der Waals surface area contributed by atoms with Gasteiger partial charge in [0, 0.05) is 26.1 Å². The Morgan fingerprint density at radius 1 is 1.33 bits per heavy atom. The van der Waals surface area contributed by atoms with Crippen LogP contribution in [0.1, 0.15) is 39.0 Å². The molecule has 0 aromatic rings. The van der Waals surface area contributed by atoms with Gasteiger partial charge in [0.1, 0.15) is 0 Å². The van der Waals surface area contributed by atoms with Crippen molar-refractivity contribution in [2.75, 3.05) is 26.2 Å². The van der Waals surface area contributed by atoms with Gasteiger partial charge in [0.15, 0.2) is 0 Å². The lowest BCUT2D eigenvalue weighted by Gasteiger charge is -2.44. The number of rotatable bonds is 2. The van der Waals surface area contributed by atoms with Gasteiger partial charge in [-0.05, 0) is 37.6 Å². The van der Waals surface area contributed by atoms with E-state index in [1.54, 1.807) is 0 Å². The van der Waals surface area contributed by atoms with E-state index in [2.05, 4.69) is 5.32 Å². The van der Waals surface area contributed by atoms with Crippen molar-refractivity contribution in [3.05, 3.63) is 0 Å². The second-order valence-electron chi connectivity index (χ2n) is 5.63. The standard InChI is InChI=1S/C13H22F2N2O/c1-2-13(14,15)11(18)17-8-5-12(6-9-17)4-3-7-16-10-12/h16H,2-10H2,1H3. The van der Waals surface area contributed by atoms with E-state index >= 15 is 0 Å². The van der Waals surface area contributed by atoms with Crippen molar-refractivity contribution in [1.29, 1.82) is 0 Å². The predicted molar refractivity (Wildman–Crippen MR) is 65.6 cm³/mol. The van der Waals surface area contributed by atoms with Gasteiger partial charge in [-0.3, -0.25) is 4.79 Å². The minimum Gasteiger partial charge on any atom is -0.337 e. The summed E-state index contributed by atoms with van der Waals surface area (Å²) in [6.07, 6.45) is 3.61. The second-order valence-corrected chi connectivity index (χ2v) is 5.63. The Morgan fingerprint density at radius 2 is 2.00 bits per heavy atom. The molecule has 0 aromatic heterocycles. The molecule has 0 radical (unpaired) electrons. The number of likely N-dealkylation sites (tertiary alicyclic amines) is 1. The van der Waals surface area contributed by atoms with Gasteiger partial charge in [-0.2, -0.15) is 8.78 Å². The van der Waals surface area contributed by atoms with Crippen LogP contribution >= 0.6 is 0 Å². The van der Waals surface area contributed by atoms with Crippen LogP contribution < -0.4 is 5.32 Å².